The number of aromatic nitrogens is 2. The van der Waals surface area contributed by atoms with E-state index < -0.39 is 0 Å². The Labute approximate surface area is 116 Å². The first-order valence-electron chi connectivity index (χ1n) is 7.79. The van der Waals surface area contributed by atoms with Gasteiger partial charge in [0.05, 0.1) is 5.69 Å². The van der Waals surface area contributed by atoms with Crippen molar-refractivity contribution < 1.29 is 0 Å². The highest BCUT2D eigenvalue weighted by molar-refractivity contribution is 5.21. The molecule has 19 heavy (non-hydrogen) atoms. The maximum Gasteiger partial charge on any atom is 0.131 e. The molecule has 2 heterocycles. The lowest BCUT2D eigenvalue weighted by Gasteiger charge is -2.30. The first-order valence-corrected chi connectivity index (χ1v) is 7.79. The highest BCUT2D eigenvalue weighted by Crippen LogP contribution is 2.27. The Bertz CT molecular complexity index is 436. The van der Waals surface area contributed by atoms with E-state index in [0.717, 1.165) is 24.7 Å². The molecule has 3 heteroatoms. The highest BCUT2D eigenvalue weighted by atomic mass is 15.1. The van der Waals surface area contributed by atoms with E-state index in [0.29, 0.717) is 5.92 Å². The zero-order valence-electron chi connectivity index (χ0n) is 12.2. The number of hydrogen-bond acceptors (Lipinski definition) is 3. The van der Waals surface area contributed by atoms with E-state index in [1.165, 1.54) is 50.0 Å². The van der Waals surface area contributed by atoms with E-state index in [2.05, 4.69) is 29.9 Å². The zero-order chi connectivity index (χ0) is 13.2. The van der Waals surface area contributed by atoms with Crippen molar-refractivity contribution in [3.05, 3.63) is 23.3 Å². The van der Waals surface area contributed by atoms with E-state index in [1.807, 2.05) is 0 Å². The third kappa shape index (κ3) is 2.97. The van der Waals surface area contributed by atoms with Gasteiger partial charge in [-0.05, 0) is 30.7 Å². The Balaban J connectivity index is 1.69. The van der Waals surface area contributed by atoms with E-state index in [4.69, 9.17) is 4.98 Å². The first kappa shape index (κ1) is 13.0. The SMILES string of the molecule is CC(C)c1ncc2c(n1)CN(CC1CCCC1)CC2. The quantitative estimate of drug-likeness (QED) is 0.835. The van der Waals surface area contributed by atoms with Crippen LogP contribution in [-0.2, 0) is 13.0 Å². The normalized spacial score (nSPS) is 21.0. The first-order chi connectivity index (χ1) is 9.22. The molecule has 0 bridgehead atoms. The molecule has 3 nitrogen and oxygen atoms in total. The lowest BCUT2D eigenvalue weighted by molar-refractivity contribution is 0.211. The average molecular weight is 259 g/mol. The summed E-state index contributed by atoms with van der Waals surface area (Å²) < 4.78 is 0. The van der Waals surface area contributed by atoms with Crippen LogP contribution in [0.3, 0.4) is 0 Å². The highest BCUT2D eigenvalue weighted by Gasteiger charge is 2.23. The molecule has 0 N–H and O–H groups in total. The molecular weight excluding hydrogens is 234 g/mol. The minimum absolute atomic E-state index is 0.426. The minimum Gasteiger partial charge on any atom is -0.297 e. The Morgan fingerprint density at radius 2 is 2.11 bits per heavy atom. The second-order valence-corrected chi connectivity index (χ2v) is 6.49. The molecule has 0 atom stereocenters. The van der Waals surface area contributed by atoms with Crippen molar-refractivity contribution in [3.63, 3.8) is 0 Å². The molecular formula is C16H25N3. The second-order valence-electron chi connectivity index (χ2n) is 6.49. The van der Waals surface area contributed by atoms with E-state index >= 15 is 0 Å². The largest absolute Gasteiger partial charge is 0.297 e. The number of rotatable bonds is 3. The molecule has 1 aliphatic heterocycles. The predicted molar refractivity (Wildman–Crippen MR) is 77.1 cm³/mol. The smallest absolute Gasteiger partial charge is 0.131 e. The topological polar surface area (TPSA) is 29.0 Å². The Morgan fingerprint density at radius 3 is 2.84 bits per heavy atom. The lowest BCUT2D eigenvalue weighted by Crippen LogP contribution is -2.35. The number of fused-ring (bicyclic) bond motifs is 1. The standard InChI is InChI=1S/C16H25N3/c1-12(2)16-17-9-14-7-8-19(11-15(14)18-16)10-13-5-3-4-6-13/h9,12-13H,3-8,10-11H2,1-2H3. The van der Waals surface area contributed by atoms with Crippen molar-refractivity contribution in [1.82, 2.24) is 14.9 Å². The van der Waals surface area contributed by atoms with Crippen LogP contribution in [0.4, 0.5) is 0 Å². The Kier molecular flexibility index (Phi) is 3.83. The van der Waals surface area contributed by atoms with Gasteiger partial charge in [-0.15, -0.1) is 0 Å². The van der Waals surface area contributed by atoms with Gasteiger partial charge in [-0.3, -0.25) is 4.90 Å². The summed E-state index contributed by atoms with van der Waals surface area (Å²) in [5, 5.41) is 0. The van der Waals surface area contributed by atoms with Crippen LogP contribution in [-0.4, -0.2) is 28.0 Å². The fraction of sp³-hybridized carbons (Fsp3) is 0.750. The van der Waals surface area contributed by atoms with Crippen LogP contribution < -0.4 is 0 Å². The van der Waals surface area contributed by atoms with Gasteiger partial charge in [-0.1, -0.05) is 26.7 Å². The molecule has 3 rings (SSSR count). The molecule has 1 aromatic rings. The summed E-state index contributed by atoms with van der Waals surface area (Å²) in [4.78, 5) is 11.9. The van der Waals surface area contributed by atoms with E-state index in [9.17, 15) is 0 Å². The number of hydrogen-bond donors (Lipinski definition) is 0. The summed E-state index contributed by atoms with van der Waals surface area (Å²) in [5.41, 5.74) is 2.65. The lowest BCUT2D eigenvalue weighted by atomic mass is 10.0. The summed E-state index contributed by atoms with van der Waals surface area (Å²) in [5.74, 6) is 2.37. The Hall–Kier alpha value is -0.960. The van der Waals surface area contributed by atoms with Gasteiger partial charge in [0.1, 0.15) is 5.82 Å². The van der Waals surface area contributed by atoms with Crippen molar-refractivity contribution >= 4 is 0 Å². The molecule has 1 aliphatic carbocycles. The summed E-state index contributed by atoms with van der Waals surface area (Å²) >= 11 is 0. The molecule has 2 aliphatic rings. The second kappa shape index (κ2) is 5.58. The molecule has 1 aromatic heterocycles. The summed E-state index contributed by atoms with van der Waals surface area (Å²) in [6.45, 7) is 7.84. The van der Waals surface area contributed by atoms with Gasteiger partial charge < -0.3 is 0 Å². The van der Waals surface area contributed by atoms with E-state index in [1.54, 1.807) is 0 Å². The summed E-state index contributed by atoms with van der Waals surface area (Å²) in [7, 11) is 0. The van der Waals surface area contributed by atoms with Crippen molar-refractivity contribution in [2.24, 2.45) is 5.92 Å². The molecule has 0 radical (unpaired) electrons. The average Bonchev–Trinajstić information content (AvgIpc) is 2.90. The Morgan fingerprint density at radius 1 is 1.32 bits per heavy atom. The third-order valence-electron chi connectivity index (χ3n) is 4.55. The monoisotopic (exact) mass is 259 g/mol. The maximum absolute atomic E-state index is 4.78. The van der Waals surface area contributed by atoms with Crippen LogP contribution in [0, 0.1) is 5.92 Å². The van der Waals surface area contributed by atoms with Gasteiger partial charge in [0.25, 0.3) is 0 Å². The van der Waals surface area contributed by atoms with Gasteiger partial charge >= 0.3 is 0 Å². The zero-order valence-corrected chi connectivity index (χ0v) is 12.2. The van der Waals surface area contributed by atoms with Crippen LogP contribution in [0.25, 0.3) is 0 Å². The van der Waals surface area contributed by atoms with Gasteiger partial charge in [0, 0.05) is 31.7 Å². The number of nitrogens with zero attached hydrogens (tertiary/aromatic N) is 3. The fourth-order valence-corrected chi connectivity index (χ4v) is 3.36. The minimum atomic E-state index is 0.426. The van der Waals surface area contributed by atoms with Gasteiger partial charge in [-0.2, -0.15) is 0 Å². The summed E-state index contributed by atoms with van der Waals surface area (Å²) in [6.07, 6.45) is 8.93. The summed E-state index contributed by atoms with van der Waals surface area (Å²) in [6, 6.07) is 0. The van der Waals surface area contributed by atoms with Crippen LogP contribution in [0.2, 0.25) is 0 Å². The van der Waals surface area contributed by atoms with Crippen LogP contribution in [0.15, 0.2) is 6.20 Å². The third-order valence-corrected chi connectivity index (χ3v) is 4.55. The molecule has 0 aromatic carbocycles. The van der Waals surface area contributed by atoms with Crippen LogP contribution in [0.1, 0.15) is 62.5 Å². The van der Waals surface area contributed by atoms with Gasteiger partial charge in [0.2, 0.25) is 0 Å². The van der Waals surface area contributed by atoms with E-state index in [-0.39, 0.29) is 0 Å². The molecule has 104 valence electrons. The molecule has 0 spiro atoms. The van der Waals surface area contributed by atoms with Crippen LogP contribution in [0.5, 0.6) is 0 Å². The fourth-order valence-electron chi connectivity index (χ4n) is 3.36. The molecule has 0 saturated heterocycles. The predicted octanol–water partition coefficient (Wildman–Crippen LogP) is 3.15. The van der Waals surface area contributed by atoms with Gasteiger partial charge in [-0.25, -0.2) is 9.97 Å². The molecule has 0 unspecified atom stereocenters. The van der Waals surface area contributed by atoms with Gasteiger partial charge in [0.15, 0.2) is 0 Å². The van der Waals surface area contributed by atoms with Crippen molar-refractivity contribution in [1.29, 1.82) is 0 Å². The van der Waals surface area contributed by atoms with Crippen molar-refractivity contribution in [2.45, 2.75) is 58.4 Å². The van der Waals surface area contributed by atoms with Crippen molar-refractivity contribution in [2.75, 3.05) is 13.1 Å². The molecule has 0 amide bonds. The van der Waals surface area contributed by atoms with Crippen molar-refractivity contribution in [3.8, 4) is 0 Å². The molecule has 1 fully saturated rings. The maximum atomic E-state index is 4.78. The molecule has 1 saturated carbocycles. The van der Waals surface area contributed by atoms with Crippen LogP contribution >= 0.6 is 0 Å².